The van der Waals surface area contributed by atoms with Crippen molar-refractivity contribution < 1.29 is 9.59 Å². The molecule has 1 unspecified atom stereocenters. The average Bonchev–Trinajstić information content (AvgIpc) is 3.16. The highest BCUT2D eigenvalue weighted by Gasteiger charge is 2.28. The minimum absolute atomic E-state index is 0.0405. The number of carbonyl (C=O) groups is 2. The molecule has 4 rings (SSSR count). The van der Waals surface area contributed by atoms with Crippen molar-refractivity contribution in [1.29, 1.82) is 0 Å². The Morgan fingerprint density at radius 1 is 1.07 bits per heavy atom. The summed E-state index contributed by atoms with van der Waals surface area (Å²) < 4.78 is 0. The first-order valence-electron chi connectivity index (χ1n) is 10.3. The molecule has 3 N–H and O–H groups in total. The Kier molecular flexibility index (Phi) is 6.23. The van der Waals surface area contributed by atoms with Gasteiger partial charge in [0.05, 0.1) is 0 Å². The van der Waals surface area contributed by atoms with Gasteiger partial charge in [0.25, 0.3) is 0 Å². The number of urea groups is 1. The molecule has 30 heavy (non-hydrogen) atoms. The van der Waals surface area contributed by atoms with E-state index in [-0.39, 0.29) is 5.91 Å². The molecule has 1 atom stereocenters. The fourth-order valence-electron chi connectivity index (χ4n) is 3.95. The van der Waals surface area contributed by atoms with Crippen LogP contribution in [0, 0.1) is 0 Å². The Bertz CT molecular complexity index is 1040. The van der Waals surface area contributed by atoms with E-state index >= 15 is 0 Å². The number of nitrogens with one attached hydrogen (secondary N) is 3. The van der Waals surface area contributed by atoms with Gasteiger partial charge in [-0.25, -0.2) is 4.79 Å². The van der Waals surface area contributed by atoms with E-state index in [2.05, 4.69) is 15.6 Å². The third-order valence-electron chi connectivity index (χ3n) is 5.45. The number of H-pyrrole nitrogens is 1. The first-order valence-corrected chi connectivity index (χ1v) is 10.6. The van der Waals surface area contributed by atoms with E-state index in [1.54, 1.807) is 24.3 Å². The number of benzene rings is 2. The van der Waals surface area contributed by atoms with Crippen LogP contribution < -0.4 is 10.6 Å². The number of hydrogen-bond donors (Lipinski definition) is 3. The second-order valence-corrected chi connectivity index (χ2v) is 8.05. The van der Waals surface area contributed by atoms with Crippen molar-refractivity contribution in [2.45, 2.75) is 31.7 Å². The van der Waals surface area contributed by atoms with Gasteiger partial charge in [0, 0.05) is 47.3 Å². The zero-order chi connectivity index (χ0) is 20.9. The van der Waals surface area contributed by atoms with Crippen LogP contribution in [0.3, 0.4) is 0 Å². The predicted molar refractivity (Wildman–Crippen MR) is 120 cm³/mol. The number of likely N-dealkylation sites (tertiary alicyclic amines) is 1. The van der Waals surface area contributed by atoms with Crippen molar-refractivity contribution in [1.82, 2.24) is 15.2 Å². The Labute approximate surface area is 180 Å². The lowest BCUT2D eigenvalue weighted by Gasteiger charge is -2.30. The lowest BCUT2D eigenvalue weighted by molar-refractivity contribution is -0.134. The smallest absolute Gasteiger partial charge is 0.319 e. The number of piperidine rings is 1. The van der Waals surface area contributed by atoms with E-state index in [0.29, 0.717) is 17.1 Å². The van der Waals surface area contributed by atoms with Gasteiger partial charge in [0.1, 0.15) is 6.04 Å². The summed E-state index contributed by atoms with van der Waals surface area (Å²) in [6.07, 6.45) is 5.47. The van der Waals surface area contributed by atoms with Crippen molar-refractivity contribution in [2.75, 3.05) is 18.4 Å². The molecule has 0 spiro atoms. The van der Waals surface area contributed by atoms with Crippen molar-refractivity contribution in [2.24, 2.45) is 0 Å². The SMILES string of the molecule is O=C(Nc1cccc(Cl)c1)NC(Cc1c[nH]c2ccccc12)C(=O)N1CCCCC1. The molecular formula is C23H25ClN4O2. The molecule has 1 saturated heterocycles. The van der Waals surface area contributed by atoms with Crippen LogP contribution in [0.25, 0.3) is 10.9 Å². The molecule has 156 valence electrons. The van der Waals surface area contributed by atoms with E-state index in [0.717, 1.165) is 48.8 Å². The molecule has 0 aliphatic carbocycles. The molecule has 2 aromatic carbocycles. The van der Waals surface area contributed by atoms with Crippen molar-refractivity contribution in [3.63, 3.8) is 0 Å². The number of carbonyl (C=O) groups excluding carboxylic acids is 2. The lowest BCUT2D eigenvalue weighted by atomic mass is 10.0. The van der Waals surface area contributed by atoms with Gasteiger partial charge in [-0.2, -0.15) is 0 Å². The van der Waals surface area contributed by atoms with E-state index in [9.17, 15) is 9.59 Å². The quantitative estimate of drug-likeness (QED) is 0.561. The fourth-order valence-corrected chi connectivity index (χ4v) is 4.14. The predicted octanol–water partition coefficient (Wildman–Crippen LogP) is 4.57. The molecule has 2 heterocycles. The number of nitrogens with zero attached hydrogens (tertiary/aromatic N) is 1. The van der Waals surface area contributed by atoms with E-state index < -0.39 is 12.1 Å². The van der Waals surface area contributed by atoms with Crippen molar-refractivity contribution in [3.05, 3.63) is 65.3 Å². The highest BCUT2D eigenvalue weighted by molar-refractivity contribution is 6.30. The molecule has 1 aliphatic rings. The first kappa shape index (κ1) is 20.3. The normalized spacial score (nSPS) is 15.0. The first-order chi connectivity index (χ1) is 14.6. The zero-order valence-corrected chi connectivity index (χ0v) is 17.4. The second-order valence-electron chi connectivity index (χ2n) is 7.61. The summed E-state index contributed by atoms with van der Waals surface area (Å²) in [5, 5.41) is 7.26. The molecule has 0 radical (unpaired) electrons. The van der Waals surface area contributed by atoms with Crippen LogP contribution in [-0.2, 0) is 11.2 Å². The molecule has 1 fully saturated rings. The van der Waals surface area contributed by atoms with Crippen LogP contribution in [0.15, 0.2) is 54.7 Å². The van der Waals surface area contributed by atoms with Gasteiger partial charge in [-0.3, -0.25) is 4.79 Å². The van der Waals surface area contributed by atoms with Gasteiger partial charge in [-0.1, -0.05) is 35.9 Å². The lowest BCUT2D eigenvalue weighted by Crippen LogP contribution is -2.52. The summed E-state index contributed by atoms with van der Waals surface area (Å²) in [7, 11) is 0. The summed E-state index contributed by atoms with van der Waals surface area (Å²) >= 11 is 6.00. The Morgan fingerprint density at radius 2 is 1.87 bits per heavy atom. The summed E-state index contributed by atoms with van der Waals surface area (Å²) in [6.45, 7) is 1.47. The Balaban J connectivity index is 1.53. The molecule has 0 bridgehead atoms. The topological polar surface area (TPSA) is 77.2 Å². The monoisotopic (exact) mass is 424 g/mol. The highest BCUT2D eigenvalue weighted by Crippen LogP contribution is 2.21. The van der Waals surface area contributed by atoms with E-state index in [1.807, 2.05) is 35.4 Å². The number of amides is 3. The molecule has 1 aliphatic heterocycles. The maximum atomic E-state index is 13.3. The van der Waals surface area contributed by atoms with Gasteiger partial charge in [0.15, 0.2) is 0 Å². The number of para-hydroxylation sites is 1. The minimum Gasteiger partial charge on any atom is -0.361 e. The van der Waals surface area contributed by atoms with Crippen molar-refractivity contribution >= 4 is 40.1 Å². The maximum Gasteiger partial charge on any atom is 0.319 e. The molecule has 3 amide bonds. The van der Waals surface area contributed by atoms with Crippen LogP contribution in [0.4, 0.5) is 10.5 Å². The van der Waals surface area contributed by atoms with Crippen LogP contribution in [0.5, 0.6) is 0 Å². The third-order valence-corrected chi connectivity index (χ3v) is 5.69. The van der Waals surface area contributed by atoms with E-state index in [4.69, 9.17) is 11.6 Å². The van der Waals surface area contributed by atoms with E-state index in [1.165, 1.54) is 0 Å². The number of halogens is 1. The maximum absolute atomic E-state index is 13.3. The molecule has 6 nitrogen and oxygen atoms in total. The average molecular weight is 425 g/mol. The summed E-state index contributed by atoms with van der Waals surface area (Å²) in [6, 6.07) is 13.8. The molecule has 1 aromatic heterocycles. The van der Waals surface area contributed by atoms with Crippen LogP contribution in [0.2, 0.25) is 5.02 Å². The Hall–Kier alpha value is -2.99. The Morgan fingerprint density at radius 3 is 2.67 bits per heavy atom. The van der Waals surface area contributed by atoms with Gasteiger partial charge >= 0.3 is 6.03 Å². The van der Waals surface area contributed by atoms with Gasteiger partial charge in [-0.15, -0.1) is 0 Å². The summed E-state index contributed by atoms with van der Waals surface area (Å²) in [5.41, 5.74) is 2.60. The molecule has 3 aromatic rings. The standard InChI is InChI=1S/C23H25ClN4O2/c24-17-7-6-8-18(14-17)26-23(30)27-21(22(29)28-11-4-1-5-12-28)13-16-15-25-20-10-3-2-9-19(16)20/h2-3,6-10,14-15,21,25H,1,4-5,11-13H2,(H2,26,27,30). The number of aromatic nitrogens is 1. The highest BCUT2D eigenvalue weighted by atomic mass is 35.5. The summed E-state index contributed by atoms with van der Waals surface area (Å²) in [4.78, 5) is 31.0. The number of fused-ring (bicyclic) bond motifs is 1. The van der Waals surface area contributed by atoms with Crippen LogP contribution in [-0.4, -0.2) is 41.0 Å². The summed E-state index contributed by atoms with van der Waals surface area (Å²) in [5.74, 6) is -0.0405. The zero-order valence-electron chi connectivity index (χ0n) is 16.7. The number of aromatic amines is 1. The molecular weight excluding hydrogens is 400 g/mol. The molecule has 7 heteroatoms. The number of rotatable bonds is 5. The fraction of sp³-hybridized carbons (Fsp3) is 0.304. The third kappa shape index (κ3) is 4.76. The van der Waals surface area contributed by atoms with Crippen LogP contribution in [0.1, 0.15) is 24.8 Å². The number of hydrogen-bond acceptors (Lipinski definition) is 2. The van der Waals surface area contributed by atoms with Gasteiger partial charge < -0.3 is 20.5 Å². The largest absolute Gasteiger partial charge is 0.361 e. The minimum atomic E-state index is -0.651. The molecule has 0 saturated carbocycles. The second kappa shape index (κ2) is 9.22. The van der Waals surface area contributed by atoms with Gasteiger partial charge in [0.2, 0.25) is 5.91 Å². The van der Waals surface area contributed by atoms with Crippen molar-refractivity contribution in [3.8, 4) is 0 Å². The van der Waals surface area contributed by atoms with Gasteiger partial charge in [-0.05, 0) is 49.1 Å². The number of anilines is 1. The van der Waals surface area contributed by atoms with Crippen LogP contribution >= 0.6 is 11.6 Å².